The van der Waals surface area contributed by atoms with Crippen LogP contribution in [0.25, 0.3) is 0 Å². The minimum Gasteiger partial charge on any atom is -0.493 e. The number of carbonyl (C=O) groups excluding carboxylic acids is 3. The van der Waals surface area contributed by atoms with Crippen molar-refractivity contribution < 1.29 is 23.9 Å². The average Bonchev–Trinajstić information content (AvgIpc) is 3.20. The molecular formula is C21H21N3O5. The van der Waals surface area contributed by atoms with E-state index in [4.69, 9.17) is 9.47 Å². The third kappa shape index (κ3) is 3.37. The van der Waals surface area contributed by atoms with Gasteiger partial charge in [0.25, 0.3) is 11.8 Å². The van der Waals surface area contributed by atoms with Crippen LogP contribution in [0.4, 0.5) is 11.4 Å². The Bertz CT molecular complexity index is 1000. The van der Waals surface area contributed by atoms with Crippen LogP contribution in [0.1, 0.15) is 33.6 Å². The van der Waals surface area contributed by atoms with Crippen LogP contribution in [-0.4, -0.2) is 49.4 Å². The average molecular weight is 395 g/mol. The maximum atomic E-state index is 12.9. The summed E-state index contributed by atoms with van der Waals surface area (Å²) in [6.45, 7) is 0.554. The lowest BCUT2D eigenvalue weighted by Gasteiger charge is -2.20. The van der Waals surface area contributed by atoms with Gasteiger partial charge in [-0.3, -0.25) is 14.4 Å². The Morgan fingerprint density at radius 1 is 1.10 bits per heavy atom. The molecule has 1 atom stereocenters. The molecule has 0 saturated carbocycles. The van der Waals surface area contributed by atoms with Crippen molar-refractivity contribution in [3.8, 4) is 11.5 Å². The Kier molecular flexibility index (Phi) is 4.84. The van der Waals surface area contributed by atoms with Gasteiger partial charge >= 0.3 is 0 Å². The molecule has 2 aromatic carbocycles. The summed E-state index contributed by atoms with van der Waals surface area (Å²) >= 11 is 0. The number of hydrogen-bond acceptors (Lipinski definition) is 5. The number of fused-ring (bicyclic) bond motifs is 2. The van der Waals surface area contributed by atoms with Gasteiger partial charge in [-0.05, 0) is 49.2 Å². The van der Waals surface area contributed by atoms with E-state index in [2.05, 4.69) is 10.6 Å². The van der Waals surface area contributed by atoms with E-state index in [1.165, 1.54) is 14.2 Å². The molecule has 8 nitrogen and oxygen atoms in total. The number of carbonyl (C=O) groups is 3. The first kappa shape index (κ1) is 18.8. The number of nitrogens with one attached hydrogen (secondary N) is 2. The Morgan fingerprint density at radius 3 is 2.66 bits per heavy atom. The molecule has 2 aromatic rings. The first-order valence-corrected chi connectivity index (χ1v) is 9.31. The molecule has 0 bridgehead atoms. The molecule has 2 aliphatic rings. The predicted molar refractivity (Wildman–Crippen MR) is 107 cm³/mol. The van der Waals surface area contributed by atoms with Gasteiger partial charge in [-0.15, -0.1) is 0 Å². The van der Waals surface area contributed by atoms with Crippen molar-refractivity contribution in [1.82, 2.24) is 4.90 Å². The molecule has 2 aliphatic heterocycles. The Labute approximate surface area is 167 Å². The summed E-state index contributed by atoms with van der Waals surface area (Å²) in [5.41, 5.74) is 1.67. The third-order valence-corrected chi connectivity index (χ3v) is 5.23. The summed E-state index contributed by atoms with van der Waals surface area (Å²) in [5.74, 6) is 0.241. The van der Waals surface area contributed by atoms with Crippen molar-refractivity contribution in [1.29, 1.82) is 0 Å². The van der Waals surface area contributed by atoms with E-state index < -0.39 is 6.04 Å². The fourth-order valence-electron chi connectivity index (χ4n) is 3.74. The van der Waals surface area contributed by atoms with Crippen molar-refractivity contribution in [3.63, 3.8) is 0 Å². The summed E-state index contributed by atoms with van der Waals surface area (Å²) < 4.78 is 10.4. The number of ether oxygens (including phenoxy) is 2. The fraction of sp³-hybridized carbons (Fsp3) is 0.286. The molecule has 3 amide bonds. The second-order valence-electron chi connectivity index (χ2n) is 6.93. The van der Waals surface area contributed by atoms with Gasteiger partial charge in [-0.1, -0.05) is 0 Å². The van der Waals surface area contributed by atoms with Crippen LogP contribution in [0.15, 0.2) is 36.4 Å². The van der Waals surface area contributed by atoms with Crippen molar-refractivity contribution in [3.05, 3.63) is 47.5 Å². The molecule has 29 heavy (non-hydrogen) atoms. The summed E-state index contributed by atoms with van der Waals surface area (Å²) in [4.78, 5) is 39.5. The normalized spacial score (nSPS) is 17.7. The van der Waals surface area contributed by atoms with Crippen LogP contribution in [0.3, 0.4) is 0 Å². The smallest absolute Gasteiger partial charge is 0.256 e. The highest BCUT2D eigenvalue weighted by Crippen LogP contribution is 2.31. The van der Waals surface area contributed by atoms with Crippen molar-refractivity contribution >= 4 is 29.1 Å². The summed E-state index contributed by atoms with van der Waals surface area (Å²) in [6.07, 6.45) is 1.46. The third-order valence-electron chi connectivity index (χ3n) is 5.23. The van der Waals surface area contributed by atoms with Crippen LogP contribution in [-0.2, 0) is 4.79 Å². The van der Waals surface area contributed by atoms with Gasteiger partial charge in [0.1, 0.15) is 6.04 Å². The minimum absolute atomic E-state index is 0.170. The van der Waals surface area contributed by atoms with Crippen LogP contribution >= 0.6 is 0 Å². The largest absolute Gasteiger partial charge is 0.493 e. The molecule has 0 unspecified atom stereocenters. The quantitative estimate of drug-likeness (QED) is 0.829. The summed E-state index contributed by atoms with van der Waals surface area (Å²) in [7, 11) is 3.02. The number of amides is 3. The van der Waals surface area contributed by atoms with Crippen molar-refractivity contribution in [2.45, 2.75) is 18.9 Å². The molecule has 1 saturated heterocycles. The Morgan fingerprint density at radius 2 is 1.90 bits per heavy atom. The highest BCUT2D eigenvalue weighted by atomic mass is 16.5. The van der Waals surface area contributed by atoms with Gasteiger partial charge in [0.15, 0.2) is 11.5 Å². The van der Waals surface area contributed by atoms with Gasteiger partial charge in [-0.2, -0.15) is 0 Å². The Balaban J connectivity index is 1.60. The van der Waals surface area contributed by atoms with Crippen molar-refractivity contribution in [2.75, 3.05) is 31.4 Å². The molecule has 0 radical (unpaired) electrons. The van der Waals surface area contributed by atoms with E-state index in [1.54, 1.807) is 41.3 Å². The molecular weight excluding hydrogens is 374 g/mol. The molecule has 2 N–H and O–H groups in total. The maximum absolute atomic E-state index is 12.9. The number of methoxy groups -OCH3 is 2. The van der Waals surface area contributed by atoms with Gasteiger partial charge in [0.05, 0.1) is 25.5 Å². The van der Waals surface area contributed by atoms with E-state index in [-0.39, 0.29) is 17.7 Å². The second kappa shape index (κ2) is 7.46. The second-order valence-corrected chi connectivity index (χ2v) is 6.93. The van der Waals surface area contributed by atoms with E-state index in [0.29, 0.717) is 47.0 Å². The number of rotatable bonds is 4. The van der Waals surface area contributed by atoms with E-state index >= 15 is 0 Å². The first-order chi connectivity index (χ1) is 14.0. The molecule has 4 rings (SSSR count). The van der Waals surface area contributed by atoms with E-state index in [9.17, 15) is 14.4 Å². The zero-order chi connectivity index (χ0) is 20.5. The molecule has 8 heteroatoms. The van der Waals surface area contributed by atoms with E-state index in [1.807, 2.05) is 0 Å². The zero-order valence-corrected chi connectivity index (χ0v) is 16.2. The van der Waals surface area contributed by atoms with Gasteiger partial charge in [-0.25, -0.2) is 0 Å². The standard InChI is InChI=1S/C21H21N3O5/c1-28-17-8-5-12(10-18(17)29-2)19(25)22-13-6-7-15-14(11-13)21(27)24-9-3-4-16(24)20(26)23-15/h5-8,10-11,16H,3-4,9H2,1-2H3,(H,22,25)(H,23,26)/t16-/m0/s1. The van der Waals surface area contributed by atoms with Crippen LogP contribution in [0.2, 0.25) is 0 Å². The molecule has 0 aliphatic carbocycles. The van der Waals surface area contributed by atoms with E-state index in [0.717, 1.165) is 6.42 Å². The monoisotopic (exact) mass is 395 g/mol. The number of hydrogen-bond donors (Lipinski definition) is 2. The SMILES string of the molecule is COc1ccc(C(=O)Nc2ccc3c(c2)C(=O)N2CCC[C@H]2C(=O)N3)cc1OC. The zero-order valence-electron chi connectivity index (χ0n) is 16.2. The Hall–Kier alpha value is -3.55. The van der Waals surface area contributed by atoms with Gasteiger partial charge < -0.3 is 25.0 Å². The first-order valence-electron chi connectivity index (χ1n) is 9.31. The molecule has 0 spiro atoms. The number of nitrogens with zero attached hydrogens (tertiary/aromatic N) is 1. The van der Waals surface area contributed by atoms with Gasteiger partial charge in [0.2, 0.25) is 5.91 Å². The lowest BCUT2D eigenvalue weighted by atomic mass is 10.1. The van der Waals surface area contributed by atoms with Crippen LogP contribution in [0, 0.1) is 0 Å². The highest BCUT2D eigenvalue weighted by molar-refractivity contribution is 6.11. The molecule has 2 heterocycles. The lowest BCUT2D eigenvalue weighted by Crippen LogP contribution is -2.40. The lowest BCUT2D eigenvalue weighted by molar-refractivity contribution is -0.119. The van der Waals surface area contributed by atoms with Crippen LogP contribution < -0.4 is 20.1 Å². The minimum atomic E-state index is -0.431. The topological polar surface area (TPSA) is 97.0 Å². The molecule has 150 valence electrons. The predicted octanol–water partition coefficient (Wildman–Crippen LogP) is 2.51. The molecule has 1 fully saturated rings. The molecule has 0 aromatic heterocycles. The van der Waals surface area contributed by atoms with Crippen molar-refractivity contribution in [2.24, 2.45) is 0 Å². The number of anilines is 2. The highest BCUT2D eigenvalue weighted by Gasteiger charge is 2.38. The summed E-state index contributed by atoms with van der Waals surface area (Å²) in [6, 6.07) is 9.31. The van der Waals surface area contributed by atoms with Crippen LogP contribution in [0.5, 0.6) is 11.5 Å². The maximum Gasteiger partial charge on any atom is 0.256 e. The fourth-order valence-corrected chi connectivity index (χ4v) is 3.74. The van der Waals surface area contributed by atoms with Gasteiger partial charge in [0, 0.05) is 17.8 Å². The summed E-state index contributed by atoms with van der Waals surface area (Å²) in [5, 5.41) is 5.61. The number of benzene rings is 2.